The smallest absolute Gasteiger partial charge is 0.190 e. The highest BCUT2D eigenvalue weighted by atomic mass is 127. The lowest BCUT2D eigenvalue weighted by Crippen LogP contribution is -2.39. The van der Waals surface area contributed by atoms with Gasteiger partial charge in [-0.15, -0.1) is 24.0 Å². The molecule has 0 amide bonds. The molecule has 2 N–H and O–H groups in total. The number of halogens is 1. The number of hydrogen-bond acceptors (Lipinski definition) is 3. The van der Waals surface area contributed by atoms with Gasteiger partial charge in [0, 0.05) is 39.3 Å². The van der Waals surface area contributed by atoms with Gasteiger partial charge in [-0.1, -0.05) is 36.8 Å². The van der Waals surface area contributed by atoms with Crippen LogP contribution in [0.2, 0.25) is 0 Å². The fourth-order valence-corrected chi connectivity index (χ4v) is 2.91. The van der Waals surface area contributed by atoms with Crippen LogP contribution in [0.25, 0.3) is 0 Å². The molecule has 1 aromatic rings. The summed E-state index contributed by atoms with van der Waals surface area (Å²) in [5.74, 6) is 1.88. The van der Waals surface area contributed by atoms with Crippen LogP contribution in [0.15, 0.2) is 29.3 Å². The van der Waals surface area contributed by atoms with Crippen LogP contribution in [0.5, 0.6) is 0 Å². The quantitative estimate of drug-likeness (QED) is 0.249. The Balaban J connectivity index is 0.00000338. The number of aliphatic imine (C=N–C) groups is 1. The minimum atomic E-state index is 0. The van der Waals surface area contributed by atoms with E-state index in [9.17, 15) is 0 Å². The zero-order valence-electron chi connectivity index (χ0n) is 16.3. The Hall–Kier alpha value is -0.860. The average molecular weight is 475 g/mol. The van der Waals surface area contributed by atoms with Crippen LogP contribution in [0.4, 0.5) is 0 Å². The van der Waals surface area contributed by atoms with Crippen molar-refractivity contribution in [2.75, 3.05) is 46.6 Å². The number of guanidine groups is 1. The van der Waals surface area contributed by atoms with Crippen molar-refractivity contribution in [1.82, 2.24) is 10.6 Å². The topological polar surface area (TPSA) is 54.9 Å². The van der Waals surface area contributed by atoms with Crippen LogP contribution in [-0.2, 0) is 9.47 Å². The third-order valence-electron chi connectivity index (χ3n) is 4.55. The van der Waals surface area contributed by atoms with Gasteiger partial charge in [-0.3, -0.25) is 4.99 Å². The predicted octanol–water partition coefficient (Wildman–Crippen LogP) is 3.32. The van der Waals surface area contributed by atoms with Crippen LogP contribution in [-0.4, -0.2) is 52.5 Å². The lowest BCUT2D eigenvalue weighted by molar-refractivity contribution is 0.0888. The molecule has 2 unspecified atom stereocenters. The molecule has 0 saturated carbocycles. The highest BCUT2D eigenvalue weighted by Gasteiger charge is 2.15. The number of ether oxygens (including phenoxy) is 2. The Bertz CT molecular complexity index is 534. The van der Waals surface area contributed by atoms with E-state index < -0.39 is 0 Å². The summed E-state index contributed by atoms with van der Waals surface area (Å²) in [4.78, 5) is 4.29. The number of nitrogens with one attached hydrogen (secondary N) is 2. The Labute approximate surface area is 175 Å². The van der Waals surface area contributed by atoms with Crippen molar-refractivity contribution in [2.24, 2.45) is 10.9 Å². The molecule has 2 rings (SSSR count). The van der Waals surface area contributed by atoms with Gasteiger partial charge in [0.15, 0.2) is 5.96 Å². The fourth-order valence-electron chi connectivity index (χ4n) is 2.91. The van der Waals surface area contributed by atoms with Gasteiger partial charge in [-0.2, -0.15) is 0 Å². The third-order valence-corrected chi connectivity index (χ3v) is 4.55. The molecule has 0 spiro atoms. The van der Waals surface area contributed by atoms with E-state index in [-0.39, 0.29) is 24.0 Å². The van der Waals surface area contributed by atoms with Crippen molar-refractivity contribution in [3.8, 4) is 0 Å². The van der Waals surface area contributed by atoms with Crippen LogP contribution in [0, 0.1) is 12.8 Å². The lowest BCUT2D eigenvalue weighted by atomic mass is 9.99. The van der Waals surface area contributed by atoms with Crippen molar-refractivity contribution < 1.29 is 9.47 Å². The Morgan fingerprint density at radius 1 is 1.38 bits per heavy atom. The molecule has 6 heteroatoms. The van der Waals surface area contributed by atoms with E-state index in [1.165, 1.54) is 11.1 Å². The van der Waals surface area contributed by atoms with Gasteiger partial charge in [-0.25, -0.2) is 0 Å². The summed E-state index contributed by atoms with van der Waals surface area (Å²) in [6, 6.07) is 8.68. The largest absolute Gasteiger partial charge is 0.381 e. The second-order valence-electron chi connectivity index (χ2n) is 6.85. The lowest BCUT2D eigenvalue weighted by Gasteiger charge is -2.17. The molecule has 1 saturated heterocycles. The molecule has 1 aromatic carbocycles. The molecule has 1 fully saturated rings. The van der Waals surface area contributed by atoms with Crippen LogP contribution in [0.1, 0.15) is 36.8 Å². The Morgan fingerprint density at radius 3 is 2.92 bits per heavy atom. The van der Waals surface area contributed by atoms with Gasteiger partial charge < -0.3 is 20.1 Å². The van der Waals surface area contributed by atoms with E-state index in [0.29, 0.717) is 11.8 Å². The van der Waals surface area contributed by atoms with Crippen molar-refractivity contribution in [3.63, 3.8) is 0 Å². The summed E-state index contributed by atoms with van der Waals surface area (Å²) in [5.41, 5.74) is 2.66. The summed E-state index contributed by atoms with van der Waals surface area (Å²) < 4.78 is 11.1. The summed E-state index contributed by atoms with van der Waals surface area (Å²) >= 11 is 0. The zero-order valence-corrected chi connectivity index (χ0v) is 18.6. The van der Waals surface area contributed by atoms with E-state index >= 15 is 0 Å². The monoisotopic (exact) mass is 475 g/mol. The number of hydrogen-bond donors (Lipinski definition) is 2. The molecule has 0 radical (unpaired) electrons. The van der Waals surface area contributed by atoms with Crippen LogP contribution < -0.4 is 10.6 Å². The fraction of sp³-hybridized carbons (Fsp3) is 0.650. The first-order valence-electron chi connectivity index (χ1n) is 9.35. The van der Waals surface area contributed by atoms with Crippen molar-refractivity contribution >= 4 is 29.9 Å². The van der Waals surface area contributed by atoms with Crippen molar-refractivity contribution in [3.05, 3.63) is 35.4 Å². The SMILES string of the molecule is CN=C(NCCCOCC1CCOC1)NCC(C)c1cccc(C)c1.I. The summed E-state index contributed by atoms with van der Waals surface area (Å²) in [6.07, 6.45) is 2.11. The highest BCUT2D eigenvalue weighted by Crippen LogP contribution is 2.15. The van der Waals surface area contributed by atoms with Gasteiger partial charge in [0.05, 0.1) is 13.2 Å². The van der Waals surface area contributed by atoms with E-state index in [1.54, 1.807) is 0 Å². The van der Waals surface area contributed by atoms with Gasteiger partial charge in [0.2, 0.25) is 0 Å². The molecular formula is C20H34IN3O2. The van der Waals surface area contributed by atoms with Crippen molar-refractivity contribution in [1.29, 1.82) is 0 Å². The first-order valence-corrected chi connectivity index (χ1v) is 9.35. The van der Waals surface area contributed by atoms with Gasteiger partial charge >= 0.3 is 0 Å². The van der Waals surface area contributed by atoms with Gasteiger partial charge in [0.25, 0.3) is 0 Å². The molecule has 0 aromatic heterocycles. The number of benzene rings is 1. The van der Waals surface area contributed by atoms with Gasteiger partial charge in [-0.05, 0) is 31.2 Å². The molecule has 1 aliphatic heterocycles. The standard InChI is InChI=1S/C20H33N3O2.HI/c1-16-6-4-7-19(12-16)17(2)13-23-20(21-3)22-9-5-10-24-14-18-8-11-25-15-18;/h4,6-7,12,17-18H,5,8-11,13-15H2,1-3H3,(H2,21,22,23);1H. The van der Waals surface area contributed by atoms with Crippen LogP contribution >= 0.6 is 24.0 Å². The number of aryl methyl sites for hydroxylation is 1. The molecule has 2 atom stereocenters. The maximum Gasteiger partial charge on any atom is 0.190 e. The van der Waals surface area contributed by atoms with E-state index in [4.69, 9.17) is 9.47 Å². The number of rotatable bonds is 9. The van der Waals surface area contributed by atoms with Crippen LogP contribution in [0.3, 0.4) is 0 Å². The second kappa shape index (κ2) is 13.3. The van der Waals surface area contributed by atoms with E-state index in [0.717, 1.165) is 58.3 Å². The summed E-state index contributed by atoms with van der Waals surface area (Å²) in [7, 11) is 1.81. The second-order valence-corrected chi connectivity index (χ2v) is 6.85. The molecule has 1 heterocycles. The van der Waals surface area contributed by atoms with E-state index in [1.807, 2.05) is 7.05 Å². The molecule has 0 bridgehead atoms. The summed E-state index contributed by atoms with van der Waals surface area (Å²) in [5, 5.41) is 6.75. The molecular weight excluding hydrogens is 441 g/mol. The first-order chi connectivity index (χ1) is 12.2. The Morgan fingerprint density at radius 2 is 2.23 bits per heavy atom. The molecule has 0 aliphatic carbocycles. The maximum absolute atomic E-state index is 5.72. The molecule has 26 heavy (non-hydrogen) atoms. The highest BCUT2D eigenvalue weighted by molar-refractivity contribution is 14.0. The predicted molar refractivity (Wildman–Crippen MR) is 119 cm³/mol. The maximum atomic E-state index is 5.72. The molecule has 148 valence electrons. The average Bonchev–Trinajstić information content (AvgIpc) is 3.13. The minimum Gasteiger partial charge on any atom is -0.381 e. The van der Waals surface area contributed by atoms with Crippen molar-refractivity contribution in [2.45, 2.75) is 32.6 Å². The third kappa shape index (κ3) is 8.68. The molecule has 1 aliphatic rings. The number of nitrogens with zero attached hydrogens (tertiary/aromatic N) is 1. The van der Waals surface area contributed by atoms with E-state index in [2.05, 4.69) is 53.7 Å². The molecule has 5 nitrogen and oxygen atoms in total. The Kier molecular flexibility index (Phi) is 11.9. The normalized spacial score (nSPS) is 18.3. The first kappa shape index (κ1) is 23.2. The minimum absolute atomic E-state index is 0. The summed E-state index contributed by atoms with van der Waals surface area (Å²) in [6.45, 7) is 9.43. The van der Waals surface area contributed by atoms with Gasteiger partial charge in [0.1, 0.15) is 0 Å². The zero-order chi connectivity index (χ0) is 17.9.